The van der Waals surface area contributed by atoms with Crippen LogP contribution in [-0.2, 0) is 11.2 Å². The summed E-state index contributed by atoms with van der Waals surface area (Å²) in [5.74, 6) is 0.715. The third-order valence-corrected chi connectivity index (χ3v) is 8.36. The molecule has 6 heteroatoms. The number of hydrogen-bond acceptors (Lipinski definition) is 4. The predicted molar refractivity (Wildman–Crippen MR) is 130 cm³/mol. The van der Waals surface area contributed by atoms with Crippen LogP contribution >= 0.6 is 11.8 Å². The van der Waals surface area contributed by atoms with Gasteiger partial charge in [0.2, 0.25) is 0 Å². The highest BCUT2D eigenvalue weighted by atomic mass is 32.2. The Labute approximate surface area is 196 Å². The van der Waals surface area contributed by atoms with Gasteiger partial charge in [0, 0.05) is 11.8 Å². The number of nitrogens with zero attached hydrogens (tertiary/aromatic N) is 3. The SMILES string of the molecule is O=C(O)C1(Sc2nnc(Cc3ccccc3)n2-c2ccc(C3CC3)c3ccccc23)CCC1. The van der Waals surface area contributed by atoms with E-state index in [4.69, 9.17) is 0 Å². The lowest BCUT2D eigenvalue weighted by molar-refractivity contribution is -0.142. The molecule has 1 aromatic heterocycles. The molecule has 4 aromatic rings. The van der Waals surface area contributed by atoms with Crippen molar-refractivity contribution in [2.45, 2.75) is 54.3 Å². The molecule has 1 heterocycles. The van der Waals surface area contributed by atoms with Gasteiger partial charge in [0.25, 0.3) is 0 Å². The fraction of sp³-hybridized carbons (Fsp3) is 0.296. The van der Waals surface area contributed by atoms with E-state index in [-0.39, 0.29) is 0 Å². The van der Waals surface area contributed by atoms with E-state index in [1.807, 2.05) is 18.2 Å². The summed E-state index contributed by atoms with van der Waals surface area (Å²) in [6, 6.07) is 23.2. The molecule has 0 spiro atoms. The predicted octanol–water partition coefficient (Wildman–Crippen LogP) is 5.99. The van der Waals surface area contributed by atoms with Gasteiger partial charge in [0.15, 0.2) is 5.16 Å². The van der Waals surface area contributed by atoms with Crippen LogP contribution in [0.25, 0.3) is 16.5 Å². The fourth-order valence-corrected chi connectivity index (χ4v) is 6.09. The third-order valence-electron chi connectivity index (χ3n) is 6.94. The maximum Gasteiger partial charge on any atom is 0.320 e. The quantitative estimate of drug-likeness (QED) is 0.371. The smallest absolute Gasteiger partial charge is 0.320 e. The molecule has 5 nitrogen and oxygen atoms in total. The van der Waals surface area contributed by atoms with Crippen LogP contribution in [0.3, 0.4) is 0 Å². The Balaban J connectivity index is 1.51. The topological polar surface area (TPSA) is 68.0 Å². The summed E-state index contributed by atoms with van der Waals surface area (Å²) in [7, 11) is 0. The Kier molecular flexibility index (Phi) is 4.98. The van der Waals surface area contributed by atoms with E-state index in [9.17, 15) is 9.90 Å². The monoisotopic (exact) mass is 455 g/mol. The second-order valence-electron chi connectivity index (χ2n) is 9.15. The van der Waals surface area contributed by atoms with Crippen LogP contribution in [0.4, 0.5) is 0 Å². The van der Waals surface area contributed by atoms with Gasteiger partial charge in [0.05, 0.1) is 5.69 Å². The summed E-state index contributed by atoms with van der Waals surface area (Å²) >= 11 is 1.36. The highest BCUT2D eigenvalue weighted by molar-refractivity contribution is 8.01. The van der Waals surface area contributed by atoms with Crippen molar-refractivity contribution in [2.24, 2.45) is 0 Å². The fourth-order valence-electron chi connectivity index (χ4n) is 4.79. The van der Waals surface area contributed by atoms with E-state index >= 15 is 0 Å². The van der Waals surface area contributed by atoms with Crippen molar-refractivity contribution in [2.75, 3.05) is 0 Å². The molecule has 0 amide bonds. The lowest BCUT2D eigenvalue weighted by atomic mass is 9.84. The van der Waals surface area contributed by atoms with Gasteiger partial charge < -0.3 is 5.11 Å². The molecule has 6 rings (SSSR count). The molecule has 1 N–H and O–H groups in total. The van der Waals surface area contributed by atoms with Gasteiger partial charge >= 0.3 is 5.97 Å². The molecular formula is C27H25N3O2S. The number of hydrogen-bond donors (Lipinski definition) is 1. The van der Waals surface area contributed by atoms with Crippen molar-refractivity contribution in [3.8, 4) is 5.69 Å². The normalized spacial score (nSPS) is 17.1. The van der Waals surface area contributed by atoms with Gasteiger partial charge in [-0.2, -0.15) is 0 Å². The minimum absolute atomic E-state index is 0.632. The Morgan fingerprint density at radius 3 is 2.36 bits per heavy atom. The zero-order valence-electron chi connectivity index (χ0n) is 18.3. The summed E-state index contributed by atoms with van der Waals surface area (Å²) in [5, 5.41) is 22.1. The zero-order chi connectivity index (χ0) is 22.4. The van der Waals surface area contributed by atoms with Gasteiger partial charge in [-0.15, -0.1) is 10.2 Å². The van der Waals surface area contributed by atoms with Crippen molar-refractivity contribution in [3.05, 3.63) is 83.7 Å². The first kappa shape index (κ1) is 20.5. The van der Waals surface area contributed by atoms with Crippen LogP contribution in [-0.4, -0.2) is 30.6 Å². The molecule has 0 saturated heterocycles. The summed E-state index contributed by atoms with van der Waals surface area (Å²) in [6.45, 7) is 0. The number of thioether (sulfide) groups is 1. The highest BCUT2D eigenvalue weighted by Crippen LogP contribution is 2.49. The number of carboxylic acids is 1. The second kappa shape index (κ2) is 8.03. The first-order valence-electron chi connectivity index (χ1n) is 11.6. The number of fused-ring (bicyclic) bond motifs is 1. The van der Waals surface area contributed by atoms with Crippen LogP contribution in [0.15, 0.2) is 71.9 Å². The molecular weight excluding hydrogens is 430 g/mol. The van der Waals surface area contributed by atoms with Crippen molar-refractivity contribution in [1.29, 1.82) is 0 Å². The molecule has 3 aromatic carbocycles. The second-order valence-corrected chi connectivity index (χ2v) is 10.5. The highest BCUT2D eigenvalue weighted by Gasteiger charge is 2.47. The van der Waals surface area contributed by atoms with Gasteiger partial charge in [-0.05, 0) is 60.6 Å². The molecule has 0 bridgehead atoms. The lowest BCUT2D eigenvalue weighted by Gasteiger charge is -2.36. The molecule has 0 atom stereocenters. The molecule has 166 valence electrons. The Bertz CT molecular complexity index is 1340. The molecule has 2 saturated carbocycles. The van der Waals surface area contributed by atoms with Crippen molar-refractivity contribution >= 4 is 28.5 Å². The van der Waals surface area contributed by atoms with E-state index in [0.29, 0.717) is 30.3 Å². The average Bonchev–Trinajstić information content (AvgIpc) is 3.58. The van der Waals surface area contributed by atoms with Crippen LogP contribution in [0.2, 0.25) is 0 Å². The van der Waals surface area contributed by atoms with Crippen LogP contribution in [0.5, 0.6) is 0 Å². The van der Waals surface area contributed by atoms with Gasteiger partial charge in [0.1, 0.15) is 10.6 Å². The molecule has 2 aliphatic rings. The van der Waals surface area contributed by atoms with Gasteiger partial charge in [-0.25, -0.2) is 0 Å². The maximum atomic E-state index is 12.1. The Morgan fingerprint density at radius 1 is 0.970 bits per heavy atom. The molecule has 2 fully saturated rings. The minimum Gasteiger partial charge on any atom is -0.480 e. The van der Waals surface area contributed by atoms with E-state index in [1.54, 1.807) is 0 Å². The zero-order valence-corrected chi connectivity index (χ0v) is 19.1. The molecule has 0 aliphatic heterocycles. The third kappa shape index (κ3) is 3.62. The van der Waals surface area contributed by atoms with Crippen LogP contribution in [0.1, 0.15) is 55.0 Å². The minimum atomic E-state index is -0.807. The van der Waals surface area contributed by atoms with E-state index < -0.39 is 10.7 Å². The first-order valence-corrected chi connectivity index (χ1v) is 12.4. The average molecular weight is 456 g/mol. The number of benzene rings is 3. The number of aromatic nitrogens is 3. The standard InChI is InChI=1S/C27H25N3O2S/c31-25(32)27(15-6-16-27)33-26-29-28-24(17-18-7-2-1-3-8-18)30(26)23-14-13-20(19-11-12-19)21-9-4-5-10-22(21)23/h1-5,7-10,13-14,19H,6,11-12,15-17H2,(H,31,32). The van der Waals surface area contributed by atoms with Gasteiger partial charge in [-0.1, -0.05) is 72.4 Å². The van der Waals surface area contributed by atoms with Gasteiger partial charge in [-0.3, -0.25) is 9.36 Å². The summed E-state index contributed by atoms with van der Waals surface area (Å²) in [4.78, 5) is 12.1. The number of rotatable bonds is 7. The number of carboxylic acid groups (broad SMARTS) is 1. The largest absolute Gasteiger partial charge is 0.480 e. The van der Waals surface area contributed by atoms with E-state index in [1.165, 1.54) is 35.6 Å². The lowest BCUT2D eigenvalue weighted by Crippen LogP contribution is -2.42. The molecule has 2 aliphatic carbocycles. The van der Waals surface area contributed by atoms with Crippen LogP contribution in [0, 0.1) is 0 Å². The Hall–Kier alpha value is -3.12. The van der Waals surface area contributed by atoms with Crippen LogP contribution < -0.4 is 0 Å². The summed E-state index contributed by atoms with van der Waals surface area (Å²) < 4.78 is 1.29. The molecule has 0 radical (unpaired) electrons. The molecule has 33 heavy (non-hydrogen) atoms. The number of carbonyl (C=O) groups is 1. The summed E-state index contributed by atoms with van der Waals surface area (Å²) in [5.41, 5.74) is 3.58. The number of aliphatic carboxylic acids is 1. The van der Waals surface area contributed by atoms with Crippen molar-refractivity contribution in [3.63, 3.8) is 0 Å². The first-order chi connectivity index (χ1) is 16.1. The van der Waals surface area contributed by atoms with E-state index in [0.717, 1.165) is 28.9 Å². The van der Waals surface area contributed by atoms with E-state index in [2.05, 4.69) is 63.3 Å². The van der Waals surface area contributed by atoms with Crippen molar-refractivity contribution < 1.29 is 9.90 Å². The summed E-state index contributed by atoms with van der Waals surface area (Å²) in [6.07, 6.45) is 5.38. The van der Waals surface area contributed by atoms with Crippen molar-refractivity contribution in [1.82, 2.24) is 14.8 Å². The Morgan fingerprint density at radius 2 is 1.70 bits per heavy atom. The maximum absolute atomic E-state index is 12.1. The molecule has 0 unspecified atom stereocenters.